The van der Waals surface area contributed by atoms with Crippen molar-refractivity contribution in [2.45, 2.75) is 34.9 Å². The van der Waals surface area contributed by atoms with Crippen molar-refractivity contribution in [3.8, 4) is 0 Å². The van der Waals surface area contributed by atoms with Gasteiger partial charge < -0.3 is 5.11 Å². The van der Waals surface area contributed by atoms with Gasteiger partial charge in [0.2, 0.25) is 0 Å². The van der Waals surface area contributed by atoms with Crippen molar-refractivity contribution in [3.63, 3.8) is 0 Å². The Morgan fingerprint density at radius 3 is 1.29 bits per heavy atom. The van der Waals surface area contributed by atoms with Gasteiger partial charge in [-0.2, -0.15) is 61.3 Å². The van der Waals surface area contributed by atoms with Gasteiger partial charge in [0.15, 0.2) is 0 Å². The molecule has 1 unspecified atom stereocenters. The van der Waals surface area contributed by atoms with Gasteiger partial charge in [-0.15, -0.1) is 0 Å². The highest BCUT2D eigenvalue weighted by atomic mass is 32.2. The van der Waals surface area contributed by atoms with Gasteiger partial charge in [0, 0.05) is 27.2 Å². The minimum Gasteiger partial charge on any atom is -0.390 e. The molecule has 0 aliphatic heterocycles. The van der Waals surface area contributed by atoms with Crippen LogP contribution in [0.5, 0.6) is 0 Å². The second kappa shape index (κ2) is 8.37. The van der Waals surface area contributed by atoms with Crippen LogP contribution in [-0.4, -0.2) is 92.6 Å². The third-order valence-corrected chi connectivity index (χ3v) is 6.92. The Bertz CT molecular complexity index is 852. The molecule has 0 aliphatic rings. The molecule has 0 aromatic rings. The average Bonchev–Trinajstić information content (AvgIpc) is 2.51. The summed E-state index contributed by atoms with van der Waals surface area (Å²) in [7, 11) is -13.2. The lowest BCUT2D eigenvalue weighted by molar-refractivity contribution is -0.382. The summed E-state index contributed by atoms with van der Waals surface area (Å²) >= 11 is 0. The van der Waals surface area contributed by atoms with Gasteiger partial charge in [-0.3, -0.25) is 0 Å². The zero-order valence-corrected chi connectivity index (χ0v) is 16.5. The van der Waals surface area contributed by atoms with Gasteiger partial charge in [0.25, 0.3) is 10.0 Å². The first-order valence-electron chi connectivity index (χ1n) is 7.06. The van der Waals surface area contributed by atoms with E-state index in [1.807, 2.05) is 0 Å². The van der Waals surface area contributed by atoms with E-state index in [0.29, 0.717) is 0 Å². The van der Waals surface area contributed by atoms with E-state index in [1.54, 1.807) is 0 Å². The lowest BCUT2D eigenvalue weighted by Gasteiger charge is -2.35. The van der Waals surface area contributed by atoms with Gasteiger partial charge >= 0.3 is 38.8 Å². The van der Waals surface area contributed by atoms with E-state index in [0.717, 1.165) is 0 Å². The van der Waals surface area contributed by atoms with E-state index in [2.05, 4.69) is 0 Å². The number of rotatable bonds is 9. The number of alkyl halides is 12. The van der Waals surface area contributed by atoms with Crippen molar-refractivity contribution in [2.24, 2.45) is 0 Å². The number of aliphatic hydroxyl groups is 1. The predicted octanol–water partition coefficient (Wildman–Crippen LogP) is 1.82. The molecule has 0 heterocycles. The number of halogens is 12. The Hall–Kier alpha value is -1.06. The molecule has 1 atom stereocenters. The molecule has 21 heteroatoms. The topological polar surface area (TPSA) is 95.0 Å². The highest BCUT2D eigenvalue weighted by Crippen LogP contribution is 2.55. The van der Waals surface area contributed by atoms with Crippen molar-refractivity contribution in [3.05, 3.63) is 0 Å². The fourth-order valence-corrected chi connectivity index (χ4v) is 3.68. The molecule has 0 bridgehead atoms. The minimum absolute atomic E-state index is 0.119. The van der Waals surface area contributed by atoms with Crippen LogP contribution in [0.1, 0.15) is 0 Å². The summed E-state index contributed by atoms with van der Waals surface area (Å²) in [5, 5.41) is 2.27. The van der Waals surface area contributed by atoms with Crippen LogP contribution in [0.4, 0.5) is 52.7 Å². The lowest BCUT2D eigenvalue weighted by Crippen LogP contribution is -2.65. The first kappa shape index (κ1) is 29.9. The molecule has 0 aromatic carbocycles. The van der Waals surface area contributed by atoms with Gasteiger partial charge in [-0.05, 0) is 0 Å². The van der Waals surface area contributed by atoms with E-state index in [4.69, 9.17) is 0 Å². The molecular weight excluding hydrogens is 520 g/mol. The number of nitrogens with zero attached hydrogens (tertiary/aromatic N) is 2. The first-order valence-corrected chi connectivity index (χ1v) is 9.94. The van der Waals surface area contributed by atoms with Crippen LogP contribution < -0.4 is 0 Å². The Kier molecular flexibility index (Phi) is 8.09. The molecule has 0 saturated carbocycles. The third-order valence-electron chi connectivity index (χ3n) is 3.49. The average molecular weight is 532 g/mol. The quantitative estimate of drug-likeness (QED) is 0.458. The summed E-state index contributed by atoms with van der Waals surface area (Å²) < 4.78 is 196. The Labute approximate surface area is 166 Å². The van der Waals surface area contributed by atoms with Crippen LogP contribution in [0.15, 0.2) is 0 Å². The number of hydrogen-bond acceptors (Lipinski definition) is 5. The van der Waals surface area contributed by atoms with E-state index in [1.165, 1.54) is 0 Å². The fourth-order valence-electron chi connectivity index (χ4n) is 1.74. The summed E-state index contributed by atoms with van der Waals surface area (Å²) in [6.45, 7) is -3.56. The van der Waals surface area contributed by atoms with Crippen molar-refractivity contribution in [1.82, 2.24) is 8.61 Å². The largest absolute Gasteiger partial charge is 0.511 e. The molecule has 0 amide bonds. The molecule has 0 spiro atoms. The molecule has 188 valence electrons. The summed E-state index contributed by atoms with van der Waals surface area (Å²) in [4.78, 5) is 0. The number of likely N-dealkylation sites (N-methyl/N-ethyl adjacent to an activating group) is 2. The third kappa shape index (κ3) is 5.14. The van der Waals surface area contributed by atoms with Crippen molar-refractivity contribution < 1.29 is 74.6 Å². The second-order valence-electron chi connectivity index (χ2n) is 5.83. The van der Waals surface area contributed by atoms with Gasteiger partial charge in [-0.25, -0.2) is 16.8 Å². The van der Waals surface area contributed by atoms with E-state index >= 15 is 0 Å². The molecule has 0 fully saturated rings. The van der Waals surface area contributed by atoms with Crippen molar-refractivity contribution >= 4 is 20.0 Å². The Balaban J connectivity index is 5.81. The van der Waals surface area contributed by atoms with Crippen LogP contribution in [0.2, 0.25) is 0 Å². The maximum atomic E-state index is 13.6. The van der Waals surface area contributed by atoms with Gasteiger partial charge in [0.05, 0.1) is 6.10 Å². The number of aliphatic hydroxyl groups excluding tert-OH is 1. The molecule has 0 aliphatic carbocycles. The van der Waals surface area contributed by atoms with Crippen molar-refractivity contribution in [2.75, 3.05) is 27.2 Å². The molecule has 0 rings (SSSR count). The van der Waals surface area contributed by atoms with Crippen molar-refractivity contribution in [1.29, 1.82) is 0 Å². The molecular formula is C10H12F12N2O5S2. The van der Waals surface area contributed by atoms with Crippen LogP contribution in [0, 0.1) is 0 Å². The highest BCUT2D eigenvalue weighted by molar-refractivity contribution is 7.90. The maximum absolute atomic E-state index is 13.6. The molecule has 0 aromatic heterocycles. The SMILES string of the molecule is CN(CC(O)CN(C)S(=O)(=O)C(F)(F)C(F)(F)C(F)(F)C(F)(F)F)S(=O)(=O)C(F)(F)F. The van der Waals surface area contributed by atoms with E-state index in [-0.39, 0.29) is 14.1 Å². The van der Waals surface area contributed by atoms with Crippen LogP contribution in [0.25, 0.3) is 0 Å². The van der Waals surface area contributed by atoms with Gasteiger partial charge in [-0.1, -0.05) is 0 Å². The van der Waals surface area contributed by atoms with Crippen LogP contribution >= 0.6 is 0 Å². The molecule has 0 saturated heterocycles. The predicted molar refractivity (Wildman–Crippen MR) is 76.1 cm³/mol. The number of sulfonamides is 2. The standard InChI is InChI=1S/C10H12F12N2O5S2/c1-23(3-5(25)4-24(2)31(28,29)10(20,21)22)30(26,27)9(18,19)7(13,14)6(11,12)8(15,16)17/h5,25H,3-4H2,1-2H3. The molecule has 1 N–H and O–H groups in total. The van der Waals surface area contributed by atoms with Crippen LogP contribution in [0.3, 0.4) is 0 Å². The minimum atomic E-state index is -7.56. The summed E-state index contributed by atoms with van der Waals surface area (Å²) in [6.07, 6.45) is -9.96. The summed E-state index contributed by atoms with van der Waals surface area (Å²) in [5.74, 6) is -15.1. The zero-order valence-electron chi connectivity index (χ0n) is 14.8. The Morgan fingerprint density at radius 1 is 0.677 bits per heavy atom. The van der Waals surface area contributed by atoms with E-state index in [9.17, 15) is 74.6 Å². The smallest absolute Gasteiger partial charge is 0.390 e. The Morgan fingerprint density at radius 2 is 1.00 bits per heavy atom. The van der Waals surface area contributed by atoms with Crippen LogP contribution in [-0.2, 0) is 20.0 Å². The highest BCUT2D eigenvalue weighted by Gasteiger charge is 2.85. The molecule has 7 nitrogen and oxygen atoms in total. The zero-order chi connectivity index (χ0) is 25.6. The summed E-state index contributed by atoms with van der Waals surface area (Å²) in [6, 6.07) is 0. The van der Waals surface area contributed by atoms with Gasteiger partial charge in [0.1, 0.15) is 0 Å². The fraction of sp³-hybridized carbons (Fsp3) is 1.00. The summed E-state index contributed by atoms with van der Waals surface area (Å²) in [5.41, 5.74) is -5.92. The monoisotopic (exact) mass is 532 g/mol. The van der Waals surface area contributed by atoms with E-state index < -0.39 is 76.6 Å². The maximum Gasteiger partial charge on any atom is 0.511 e. The molecule has 0 radical (unpaired) electrons. The second-order valence-corrected chi connectivity index (χ2v) is 9.96. The number of hydrogen-bond donors (Lipinski definition) is 1. The first-order chi connectivity index (χ1) is 13.2. The normalized spacial score (nSPS) is 16.8. The molecule has 31 heavy (non-hydrogen) atoms. The lowest BCUT2D eigenvalue weighted by atomic mass is 10.1.